The molecule has 0 unspecified atom stereocenters. The van der Waals surface area contributed by atoms with Crippen LogP contribution in [-0.4, -0.2) is 27.7 Å². The molecule has 0 heterocycles. The maximum Gasteiger partial charge on any atom is 0.229 e. The number of benzene rings is 2. The minimum Gasteiger partial charge on any atom is -0.497 e. The monoisotopic (exact) mass is 334 g/mol. The zero-order valence-electron chi connectivity index (χ0n) is 12.9. The van der Waals surface area contributed by atoms with E-state index >= 15 is 0 Å². The van der Waals surface area contributed by atoms with Gasteiger partial charge in [0.15, 0.2) is 0 Å². The minimum absolute atomic E-state index is 0.165. The number of hydrogen-bond donors (Lipinski definition) is 2. The van der Waals surface area contributed by atoms with E-state index in [9.17, 15) is 13.2 Å². The molecule has 0 radical (unpaired) electrons. The normalized spacial score (nSPS) is 10.9. The van der Waals surface area contributed by atoms with Crippen molar-refractivity contribution in [3.63, 3.8) is 0 Å². The van der Waals surface area contributed by atoms with Crippen LogP contribution in [-0.2, 0) is 21.2 Å². The molecule has 0 fully saturated rings. The molecule has 0 aromatic heterocycles. The summed E-state index contributed by atoms with van der Waals surface area (Å²) in [6, 6.07) is 13.7. The molecule has 0 atom stereocenters. The molecule has 2 aromatic rings. The zero-order chi connectivity index (χ0) is 16.9. The highest BCUT2D eigenvalue weighted by Crippen LogP contribution is 2.16. The van der Waals surface area contributed by atoms with E-state index in [1.165, 1.54) is 0 Å². The number of carbonyl (C=O) groups is 1. The number of nitrogens with one attached hydrogen (secondary N) is 2. The smallest absolute Gasteiger partial charge is 0.229 e. The summed E-state index contributed by atoms with van der Waals surface area (Å²) in [5, 5.41) is 2.76. The molecule has 7 heteroatoms. The first-order chi connectivity index (χ1) is 10.9. The fourth-order valence-electron chi connectivity index (χ4n) is 2.01. The summed E-state index contributed by atoms with van der Waals surface area (Å²) in [5.74, 6) is 0.536. The van der Waals surface area contributed by atoms with E-state index < -0.39 is 10.0 Å². The van der Waals surface area contributed by atoms with Crippen LogP contribution in [0.5, 0.6) is 5.75 Å². The number of rotatable bonds is 6. The van der Waals surface area contributed by atoms with Crippen molar-refractivity contribution in [2.24, 2.45) is 0 Å². The third-order valence-electron chi connectivity index (χ3n) is 2.97. The van der Waals surface area contributed by atoms with Gasteiger partial charge in [0, 0.05) is 11.4 Å². The first-order valence-electron chi connectivity index (χ1n) is 6.86. The van der Waals surface area contributed by atoms with Gasteiger partial charge in [-0.25, -0.2) is 8.42 Å². The highest BCUT2D eigenvalue weighted by Gasteiger charge is 2.06. The van der Waals surface area contributed by atoms with E-state index in [1.54, 1.807) is 37.4 Å². The van der Waals surface area contributed by atoms with Crippen molar-refractivity contribution in [3.05, 3.63) is 54.1 Å². The van der Waals surface area contributed by atoms with Gasteiger partial charge in [0.1, 0.15) is 5.75 Å². The molecule has 0 spiro atoms. The Morgan fingerprint density at radius 3 is 2.35 bits per heavy atom. The lowest BCUT2D eigenvalue weighted by Gasteiger charge is -2.08. The first-order valence-corrected chi connectivity index (χ1v) is 8.75. The number of sulfonamides is 1. The first kappa shape index (κ1) is 16.8. The summed E-state index contributed by atoms with van der Waals surface area (Å²) in [7, 11) is -1.73. The molecule has 0 aliphatic carbocycles. The molecule has 0 aliphatic heterocycles. The lowest BCUT2D eigenvalue weighted by Crippen LogP contribution is -2.14. The summed E-state index contributed by atoms with van der Waals surface area (Å²) >= 11 is 0. The molecule has 1 amide bonds. The molecular weight excluding hydrogens is 316 g/mol. The Hall–Kier alpha value is -2.54. The average Bonchev–Trinajstić information content (AvgIpc) is 2.48. The zero-order valence-corrected chi connectivity index (χ0v) is 13.7. The van der Waals surface area contributed by atoms with Crippen LogP contribution in [0.25, 0.3) is 0 Å². The molecule has 0 saturated heterocycles. The van der Waals surface area contributed by atoms with E-state index in [1.807, 2.05) is 18.2 Å². The van der Waals surface area contributed by atoms with Gasteiger partial charge < -0.3 is 10.1 Å². The fourth-order valence-corrected chi connectivity index (χ4v) is 2.57. The molecule has 23 heavy (non-hydrogen) atoms. The Balaban J connectivity index is 1.97. The Kier molecular flexibility index (Phi) is 5.23. The van der Waals surface area contributed by atoms with E-state index in [0.29, 0.717) is 17.1 Å². The second kappa shape index (κ2) is 7.15. The van der Waals surface area contributed by atoms with E-state index in [2.05, 4.69) is 10.0 Å². The van der Waals surface area contributed by atoms with E-state index in [4.69, 9.17) is 4.74 Å². The van der Waals surface area contributed by atoms with Crippen LogP contribution >= 0.6 is 0 Å². The van der Waals surface area contributed by atoms with Gasteiger partial charge in [-0.05, 0) is 42.0 Å². The molecule has 0 aliphatic rings. The molecular formula is C16H18N2O4S. The molecule has 2 rings (SSSR count). The summed E-state index contributed by atoms with van der Waals surface area (Å²) < 4.78 is 29.7. The minimum atomic E-state index is -3.31. The largest absolute Gasteiger partial charge is 0.497 e. The van der Waals surface area contributed by atoms with Crippen molar-refractivity contribution in [1.82, 2.24) is 0 Å². The van der Waals surface area contributed by atoms with E-state index in [0.717, 1.165) is 11.8 Å². The van der Waals surface area contributed by atoms with Crippen LogP contribution in [0, 0.1) is 0 Å². The number of carbonyl (C=O) groups excluding carboxylic acids is 1. The molecule has 0 saturated carbocycles. The predicted molar refractivity (Wildman–Crippen MR) is 90.2 cm³/mol. The van der Waals surface area contributed by atoms with Gasteiger partial charge in [-0.2, -0.15) is 0 Å². The van der Waals surface area contributed by atoms with Crippen molar-refractivity contribution in [2.75, 3.05) is 23.4 Å². The summed E-state index contributed by atoms with van der Waals surface area (Å²) in [6.07, 6.45) is 1.30. The quantitative estimate of drug-likeness (QED) is 0.848. The summed E-state index contributed by atoms with van der Waals surface area (Å²) in [5.41, 5.74) is 1.88. The fraction of sp³-hybridized carbons (Fsp3) is 0.188. The van der Waals surface area contributed by atoms with Gasteiger partial charge in [0.2, 0.25) is 15.9 Å². The maximum absolute atomic E-state index is 12.0. The second-order valence-corrected chi connectivity index (χ2v) is 6.78. The lowest BCUT2D eigenvalue weighted by molar-refractivity contribution is -0.115. The number of amides is 1. The Morgan fingerprint density at radius 1 is 1.09 bits per heavy atom. The van der Waals surface area contributed by atoms with Gasteiger partial charge >= 0.3 is 0 Å². The van der Waals surface area contributed by atoms with Gasteiger partial charge in [0.05, 0.1) is 19.8 Å². The van der Waals surface area contributed by atoms with Gasteiger partial charge in [-0.15, -0.1) is 0 Å². The topological polar surface area (TPSA) is 84.5 Å². The van der Waals surface area contributed by atoms with Crippen LogP contribution in [0.1, 0.15) is 5.56 Å². The number of anilines is 2. The number of methoxy groups -OCH3 is 1. The van der Waals surface area contributed by atoms with Gasteiger partial charge in [0.25, 0.3) is 0 Å². The van der Waals surface area contributed by atoms with Crippen LogP contribution < -0.4 is 14.8 Å². The van der Waals surface area contributed by atoms with Crippen molar-refractivity contribution < 1.29 is 17.9 Å². The van der Waals surface area contributed by atoms with Gasteiger partial charge in [-0.3, -0.25) is 9.52 Å². The Bertz CT molecular complexity index is 786. The molecule has 6 nitrogen and oxygen atoms in total. The van der Waals surface area contributed by atoms with Crippen LogP contribution in [0.2, 0.25) is 0 Å². The molecule has 2 N–H and O–H groups in total. The van der Waals surface area contributed by atoms with Crippen LogP contribution in [0.3, 0.4) is 0 Å². The van der Waals surface area contributed by atoms with Crippen molar-refractivity contribution in [2.45, 2.75) is 6.42 Å². The average molecular weight is 334 g/mol. The molecule has 2 aromatic carbocycles. The second-order valence-electron chi connectivity index (χ2n) is 5.03. The molecule has 122 valence electrons. The van der Waals surface area contributed by atoms with Crippen LogP contribution in [0.4, 0.5) is 11.4 Å². The Labute approximate surface area is 135 Å². The highest BCUT2D eigenvalue weighted by atomic mass is 32.2. The third kappa shape index (κ3) is 5.63. The predicted octanol–water partition coefficient (Wildman–Crippen LogP) is 2.25. The summed E-state index contributed by atoms with van der Waals surface area (Å²) in [6.45, 7) is 0. The van der Waals surface area contributed by atoms with Crippen molar-refractivity contribution in [3.8, 4) is 5.75 Å². The van der Waals surface area contributed by atoms with E-state index in [-0.39, 0.29) is 12.3 Å². The molecule has 0 bridgehead atoms. The SMILES string of the molecule is COc1cccc(CC(=O)Nc2ccc(NS(C)(=O)=O)cc2)c1. The van der Waals surface area contributed by atoms with Crippen molar-refractivity contribution in [1.29, 1.82) is 0 Å². The lowest BCUT2D eigenvalue weighted by atomic mass is 10.1. The number of ether oxygens (including phenoxy) is 1. The van der Waals surface area contributed by atoms with Crippen molar-refractivity contribution >= 4 is 27.3 Å². The van der Waals surface area contributed by atoms with Gasteiger partial charge in [-0.1, -0.05) is 12.1 Å². The summed E-state index contributed by atoms with van der Waals surface area (Å²) in [4.78, 5) is 12.0. The number of hydrogen-bond acceptors (Lipinski definition) is 4. The highest BCUT2D eigenvalue weighted by molar-refractivity contribution is 7.92. The maximum atomic E-state index is 12.0. The standard InChI is InChI=1S/C16H18N2O4S/c1-22-15-5-3-4-12(10-15)11-16(19)17-13-6-8-14(9-7-13)18-23(2,20)21/h3-10,18H,11H2,1-2H3,(H,17,19). The van der Waals surface area contributed by atoms with Crippen LogP contribution in [0.15, 0.2) is 48.5 Å². The third-order valence-corrected chi connectivity index (χ3v) is 3.58. The Morgan fingerprint density at radius 2 is 1.74 bits per heavy atom.